The van der Waals surface area contributed by atoms with Gasteiger partial charge in [-0.15, -0.1) is 11.6 Å². The van der Waals surface area contributed by atoms with Crippen molar-refractivity contribution in [2.45, 2.75) is 51.5 Å². The average Bonchev–Trinajstić information content (AvgIpc) is 2.43. The molecule has 0 aliphatic carbocycles. The molecule has 0 aromatic carbocycles. The van der Waals surface area contributed by atoms with Gasteiger partial charge in [0.1, 0.15) is 0 Å². The van der Waals surface area contributed by atoms with Crippen LogP contribution in [-0.4, -0.2) is 36.0 Å². The zero-order chi connectivity index (χ0) is 13.9. The lowest BCUT2D eigenvalue weighted by Crippen LogP contribution is -2.44. The highest BCUT2D eigenvalue weighted by molar-refractivity contribution is 6.60. The van der Waals surface area contributed by atoms with Crippen LogP contribution in [0.3, 0.4) is 0 Å². The zero-order valence-corrected chi connectivity index (χ0v) is 14.1. The van der Waals surface area contributed by atoms with E-state index in [1.165, 1.54) is 25.7 Å². The predicted octanol–water partition coefficient (Wildman–Crippen LogP) is 4.08. The van der Waals surface area contributed by atoms with Crippen LogP contribution in [0.5, 0.6) is 0 Å². The van der Waals surface area contributed by atoms with Crippen molar-refractivity contribution in [2.75, 3.05) is 27.2 Å². The van der Waals surface area contributed by atoms with Crippen LogP contribution in [-0.2, 0) is 13.3 Å². The van der Waals surface area contributed by atoms with Gasteiger partial charge in [0.2, 0.25) is 0 Å². The lowest BCUT2D eigenvalue weighted by atomic mass is 10.0. The Morgan fingerprint density at radius 2 is 1.50 bits per heavy atom. The Morgan fingerprint density at radius 3 is 1.94 bits per heavy atom. The monoisotopic (exact) mass is 296 g/mol. The molecule has 0 aromatic heterocycles. The Kier molecular flexibility index (Phi) is 11.5. The summed E-state index contributed by atoms with van der Waals surface area (Å²) in [6.07, 6.45) is 7.28. The minimum Gasteiger partial charge on any atom is -0.377 e. The molecular formula is C13H29ClO3Si. The van der Waals surface area contributed by atoms with E-state index in [2.05, 4.69) is 6.92 Å². The second-order valence-corrected chi connectivity index (χ2v) is 8.04. The Hall–Kier alpha value is 0.387. The molecule has 5 heteroatoms. The molecule has 0 amide bonds. The fourth-order valence-corrected chi connectivity index (χ4v) is 4.57. The summed E-state index contributed by atoms with van der Waals surface area (Å²) in [7, 11) is 2.66. The molecule has 0 N–H and O–H groups in total. The second-order valence-electron chi connectivity index (χ2n) is 4.67. The molecule has 0 rings (SSSR count). The Bertz CT molecular complexity index is 181. The van der Waals surface area contributed by atoms with E-state index >= 15 is 0 Å². The molecule has 110 valence electrons. The second kappa shape index (κ2) is 11.2. The van der Waals surface area contributed by atoms with Crippen molar-refractivity contribution in [3.63, 3.8) is 0 Å². The quantitative estimate of drug-likeness (QED) is 0.308. The van der Waals surface area contributed by atoms with E-state index in [1.54, 1.807) is 21.3 Å². The van der Waals surface area contributed by atoms with Gasteiger partial charge in [0.15, 0.2) is 0 Å². The molecule has 0 radical (unpaired) electrons. The van der Waals surface area contributed by atoms with Crippen molar-refractivity contribution in [3.05, 3.63) is 0 Å². The third-order valence-electron chi connectivity index (χ3n) is 3.55. The lowest BCUT2D eigenvalue weighted by Gasteiger charge is -2.28. The lowest BCUT2D eigenvalue weighted by molar-refractivity contribution is 0.117. The third kappa shape index (κ3) is 7.09. The van der Waals surface area contributed by atoms with Gasteiger partial charge in [0.25, 0.3) is 0 Å². The first kappa shape index (κ1) is 18.4. The first-order valence-electron chi connectivity index (χ1n) is 6.89. The minimum absolute atomic E-state index is 0.632. The van der Waals surface area contributed by atoms with Crippen molar-refractivity contribution in [2.24, 2.45) is 5.92 Å². The number of hydrogen-bond acceptors (Lipinski definition) is 3. The zero-order valence-electron chi connectivity index (χ0n) is 12.3. The van der Waals surface area contributed by atoms with Crippen LogP contribution in [0.25, 0.3) is 0 Å². The maximum atomic E-state index is 5.67. The largest absolute Gasteiger partial charge is 0.500 e. The molecular weight excluding hydrogens is 268 g/mol. The maximum absolute atomic E-state index is 5.67. The number of halogens is 1. The van der Waals surface area contributed by atoms with Gasteiger partial charge in [-0.05, 0) is 12.3 Å². The molecule has 0 heterocycles. The highest BCUT2D eigenvalue weighted by atomic mass is 35.5. The van der Waals surface area contributed by atoms with Crippen LogP contribution in [0.15, 0.2) is 0 Å². The Morgan fingerprint density at radius 1 is 0.944 bits per heavy atom. The molecule has 0 aromatic rings. The maximum Gasteiger partial charge on any atom is 0.500 e. The molecule has 1 unspecified atom stereocenters. The van der Waals surface area contributed by atoms with Crippen LogP contribution in [0, 0.1) is 5.92 Å². The van der Waals surface area contributed by atoms with Crippen LogP contribution < -0.4 is 0 Å². The van der Waals surface area contributed by atoms with Crippen LogP contribution in [0.1, 0.15) is 45.4 Å². The minimum atomic E-state index is -2.40. The van der Waals surface area contributed by atoms with E-state index in [0.29, 0.717) is 5.92 Å². The van der Waals surface area contributed by atoms with E-state index < -0.39 is 8.80 Å². The molecule has 0 aliphatic rings. The molecule has 0 bridgehead atoms. The summed E-state index contributed by atoms with van der Waals surface area (Å²) in [4.78, 5) is 0. The standard InChI is InChI=1S/C13H29ClO3Si/c1-5-13(10-8-6-7-9-11-14)12-18(15-2,16-3)17-4/h13H,5-12H2,1-4H3. The summed E-state index contributed by atoms with van der Waals surface area (Å²) in [5.74, 6) is 1.41. The number of unbranched alkanes of at least 4 members (excludes halogenated alkanes) is 3. The van der Waals surface area contributed by atoms with E-state index in [9.17, 15) is 0 Å². The van der Waals surface area contributed by atoms with Gasteiger partial charge < -0.3 is 13.3 Å². The van der Waals surface area contributed by atoms with Crippen molar-refractivity contribution < 1.29 is 13.3 Å². The van der Waals surface area contributed by atoms with Gasteiger partial charge in [0, 0.05) is 33.3 Å². The molecule has 0 aliphatic heterocycles. The van der Waals surface area contributed by atoms with Crippen molar-refractivity contribution in [1.82, 2.24) is 0 Å². The number of hydrogen-bond donors (Lipinski definition) is 0. The fraction of sp³-hybridized carbons (Fsp3) is 1.00. The summed E-state index contributed by atoms with van der Waals surface area (Å²) in [6.45, 7) is 2.23. The Labute approximate surface area is 119 Å². The van der Waals surface area contributed by atoms with Gasteiger partial charge in [-0.25, -0.2) is 0 Å². The normalized spacial score (nSPS) is 13.8. The molecule has 3 nitrogen and oxygen atoms in total. The summed E-state index contributed by atoms with van der Waals surface area (Å²) in [6, 6.07) is 0.919. The third-order valence-corrected chi connectivity index (χ3v) is 6.76. The van der Waals surface area contributed by atoms with E-state index in [0.717, 1.165) is 24.8 Å². The van der Waals surface area contributed by atoms with Crippen molar-refractivity contribution in [3.8, 4) is 0 Å². The topological polar surface area (TPSA) is 27.7 Å². The SMILES string of the molecule is CCC(CCCCCCCl)C[Si](OC)(OC)OC. The fourth-order valence-electron chi connectivity index (χ4n) is 2.19. The van der Waals surface area contributed by atoms with Crippen molar-refractivity contribution in [1.29, 1.82) is 0 Å². The molecule has 18 heavy (non-hydrogen) atoms. The van der Waals surface area contributed by atoms with Crippen LogP contribution >= 0.6 is 11.6 Å². The summed E-state index contributed by atoms with van der Waals surface area (Å²) in [5, 5.41) is 0. The van der Waals surface area contributed by atoms with E-state index in [-0.39, 0.29) is 0 Å². The highest BCUT2D eigenvalue weighted by Crippen LogP contribution is 2.26. The number of alkyl halides is 1. The van der Waals surface area contributed by atoms with Gasteiger partial charge >= 0.3 is 8.80 Å². The first-order chi connectivity index (χ1) is 8.67. The summed E-state index contributed by atoms with van der Waals surface area (Å²) in [5.41, 5.74) is 0. The summed E-state index contributed by atoms with van der Waals surface area (Å²) >= 11 is 5.67. The van der Waals surface area contributed by atoms with Gasteiger partial charge in [-0.2, -0.15) is 0 Å². The summed E-state index contributed by atoms with van der Waals surface area (Å²) < 4.78 is 16.5. The average molecular weight is 297 g/mol. The molecule has 0 spiro atoms. The smallest absolute Gasteiger partial charge is 0.377 e. The van der Waals surface area contributed by atoms with Crippen molar-refractivity contribution >= 4 is 20.4 Å². The Balaban J connectivity index is 4.00. The van der Waals surface area contributed by atoms with Gasteiger partial charge in [-0.3, -0.25) is 0 Å². The highest BCUT2D eigenvalue weighted by Gasteiger charge is 2.39. The molecule has 0 saturated carbocycles. The van der Waals surface area contributed by atoms with E-state index in [1.807, 2.05) is 0 Å². The number of rotatable bonds is 12. The van der Waals surface area contributed by atoms with E-state index in [4.69, 9.17) is 24.9 Å². The van der Waals surface area contributed by atoms with Gasteiger partial charge in [0.05, 0.1) is 0 Å². The molecule has 0 saturated heterocycles. The first-order valence-corrected chi connectivity index (χ1v) is 9.36. The van der Waals surface area contributed by atoms with Crippen LogP contribution in [0.4, 0.5) is 0 Å². The van der Waals surface area contributed by atoms with Crippen LogP contribution in [0.2, 0.25) is 6.04 Å². The molecule has 0 fully saturated rings. The van der Waals surface area contributed by atoms with Gasteiger partial charge in [-0.1, -0.05) is 39.0 Å². The predicted molar refractivity (Wildman–Crippen MR) is 79.2 cm³/mol. The molecule has 1 atom stereocenters.